The molecule has 1 aromatic rings. The lowest BCUT2D eigenvalue weighted by Crippen LogP contribution is -2.37. The average Bonchev–Trinajstić information content (AvgIpc) is 2.66. The van der Waals surface area contributed by atoms with E-state index in [4.69, 9.17) is 15.1 Å². The van der Waals surface area contributed by atoms with E-state index >= 15 is 0 Å². The third-order valence-electron chi connectivity index (χ3n) is 2.59. The van der Waals surface area contributed by atoms with Crippen LogP contribution in [0.25, 0.3) is 0 Å². The fourth-order valence-corrected chi connectivity index (χ4v) is 1.66. The highest BCUT2D eigenvalue weighted by molar-refractivity contribution is 5.24. The van der Waals surface area contributed by atoms with Crippen LogP contribution in [0.2, 0.25) is 0 Å². The first kappa shape index (κ1) is 12.9. The molecule has 0 aromatic carbocycles. The van der Waals surface area contributed by atoms with Crippen molar-refractivity contribution in [3.63, 3.8) is 0 Å². The standard InChI is InChI=1S/C8H12N4O6/c13-2-3-5(14)6(15)7(18-3)12-8(16)10-4(11-17)1-9-12/h1,3,5-7,13-15,17H,2H2,(H,10,11,16). The Kier molecular flexibility index (Phi) is 3.54. The predicted octanol–water partition coefficient (Wildman–Crippen LogP) is -2.95. The van der Waals surface area contributed by atoms with Gasteiger partial charge in [-0.15, -0.1) is 0 Å². The van der Waals surface area contributed by atoms with Gasteiger partial charge in [-0.05, 0) is 0 Å². The van der Waals surface area contributed by atoms with Crippen molar-refractivity contribution in [1.82, 2.24) is 14.8 Å². The highest BCUT2D eigenvalue weighted by Gasteiger charge is 2.44. The summed E-state index contributed by atoms with van der Waals surface area (Å²) >= 11 is 0. The molecule has 1 aliphatic heterocycles. The summed E-state index contributed by atoms with van der Waals surface area (Å²) < 4.78 is 5.82. The van der Waals surface area contributed by atoms with Gasteiger partial charge in [0, 0.05) is 0 Å². The SMILES string of the molecule is O=c1nc(NO)cnn1C1OC(CO)C(O)C1O. The van der Waals surface area contributed by atoms with Crippen molar-refractivity contribution in [2.24, 2.45) is 0 Å². The number of aliphatic hydroxyl groups excluding tert-OH is 3. The van der Waals surface area contributed by atoms with Crippen molar-refractivity contribution < 1.29 is 25.3 Å². The average molecular weight is 260 g/mol. The number of nitrogens with one attached hydrogen (secondary N) is 1. The molecule has 4 atom stereocenters. The minimum Gasteiger partial charge on any atom is -0.394 e. The van der Waals surface area contributed by atoms with Crippen LogP contribution in [-0.4, -0.2) is 60.2 Å². The maximum Gasteiger partial charge on any atom is 0.368 e. The quantitative estimate of drug-likeness (QED) is 0.359. The Balaban J connectivity index is 2.30. The summed E-state index contributed by atoms with van der Waals surface area (Å²) in [5.74, 6) is -0.164. The second kappa shape index (κ2) is 4.96. The molecule has 18 heavy (non-hydrogen) atoms. The molecule has 0 radical (unpaired) electrons. The van der Waals surface area contributed by atoms with E-state index in [0.717, 1.165) is 6.20 Å². The normalized spacial score (nSPS) is 31.6. The van der Waals surface area contributed by atoms with Crippen LogP contribution in [0, 0.1) is 0 Å². The zero-order valence-corrected chi connectivity index (χ0v) is 9.04. The summed E-state index contributed by atoms with van der Waals surface area (Å²) in [5, 5.41) is 40.3. The van der Waals surface area contributed by atoms with E-state index in [0.29, 0.717) is 4.68 Å². The van der Waals surface area contributed by atoms with Crippen molar-refractivity contribution in [2.45, 2.75) is 24.5 Å². The zero-order valence-electron chi connectivity index (χ0n) is 9.04. The van der Waals surface area contributed by atoms with Gasteiger partial charge in [0.25, 0.3) is 0 Å². The molecule has 0 aliphatic carbocycles. The monoisotopic (exact) mass is 260 g/mol. The van der Waals surface area contributed by atoms with E-state index in [1.165, 1.54) is 0 Å². The number of nitrogens with zero attached hydrogens (tertiary/aromatic N) is 3. The molecule has 5 N–H and O–H groups in total. The molecule has 10 heteroatoms. The van der Waals surface area contributed by atoms with Gasteiger partial charge >= 0.3 is 5.69 Å². The van der Waals surface area contributed by atoms with E-state index < -0.39 is 36.8 Å². The molecule has 2 heterocycles. The Hall–Kier alpha value is -1.59. The molecule has 4 unspecified atom stereocenters. The van der Waals surface area contributed by atoms with Crippen LogP contribution in [0.5, 0.6) is 0 Å². The number of hydrogen-bond acceptors (Lipinski definition) is 9. The summed E-state index contributed by atoms with van der Waals surface area (Å²) in [6, 6.07) is 0. The van der Waals surface area contributed by atoms with Gasteiger partial charge in [-0.25, -0.2) is 4.79 Å². The van der Waals surface area contributed by atoms with Gasteiger partial charge in [0.2, 0.25) is 0 Å². The number of aromatic nitrogens is 3. The lowest BCUT2D eigenvalue weighted by Gasteiger charge is -2.15. The maximum atomic E-state index is 11.5. The molecular weight excluding hydrogens is 248 g/mol. The van der Waals surface area contributed by atoms with Crippen LogP contribution in [0.4, 0.5) is 5.82 Å². The Morgan fingerprint density at radius 1 is 1.44 bits per heavy atom. The molecule has 10 nitrogen and oxygen atoms in total. The van der Waals surface area contributed by atoms with E-state index in [9.17, 15) is 15.0 Å². The third-order valence-corrected chi connectivity index (χ3v) is 2.59. The van der Waals surface area contributed by atoms with Gasteiger partial charge in [-0.2, -0.15) is 14.8 Å². The Labute approximate surface area is 100 Å². The van der Waals surface area contributed by atoms with Crippen LogP contribution in [0.1, 0.15) is 6.23 Å². The van der Waals surface area contributed by atoms with E-state index in [-0.39, 0.29) is 5.82 Å². The van der Waals surface area contributed by atoms with E-state index in [1.807, 2.05) is 0 Å². The third kappa shape index (κ3) is 2.07. The van der Waals surface area contributed by atoms with Gasteiger partial charge < -0.3 is 20.1 Å². The summed E-state index contributed by atoms with van der Waals surface area (Å²) in [6.07, 6.45) is -3.96. The first-order valence-corrected chi connectivity index (χ1v) is 5.07. The molecule has 0 spiro atoms. The molecule has 1 fully saturated rings. The summed E-state index contributed by atoms with van der Waals surface area (Å²) in [6.45, 7) is -0.507. The van der Waals surface area contributed by atoms with Crippen molar-refractivity contribution >= 4 is 5.82 Å². The lowest BCUT2D eigenvalue weighted by molar-refractivity contribution is -0.0617. The molecule has 0 bridgehead atoms. The van der Waals surface area contributed by atoms with Gasteiger partial charge in [0.05, 0.1) is 12.8 Å². The molecule has 1 aliphatic rings. The minimum absolute atomic E-state index is 0.164. The lowest BCUT2D eigenvalue weighted by atomic mass is 10.1. The van der Waals surface area contributed by atoms with E-state index in [1.54, 1.807) is 5.48 Å². The highest BCUT2D eigenvalue weighted by atomic mass is 16.6. The number of ether oxygens (including phenoxy) is 1. The Morgan fingerprint density at radius 3 is 2.67 bits per heavy atom. The van der Waals surface area contributed by atoms with Crippen LogP contribution in [0.3, 0.4) is 0 Å². The molecule has 1 aromatic heterocycles. The summed E-state index contributed by atoms with van der Waals surface area (Å²) in [4.78, 5) is 14.9. The largest absolute Gasteiger partial charge is 0.394 e. The predicted molar refractivity (Wildman–Crippen MR) is 54.7 cm³/mol. The maximum absolute atomic E-state index is 11.5. The van der Waals surface area contributed by atoms with Gasteiger partial charge in [0.15, 0.2) is 12.0 Å². The molecule has 0 amide bonds. The highest BCUT2D eigenvalue weighted by Crippen LogP contribution is 2.27. The van der Waals surface area contributed by atoms with Gasteiger partial charge in [-0.1, -0.05) is 0 Å². The van der Waals surface area contributed by atoms with E-state index in [2.05, 4.69) is 10.1 Å². The topological polar surface area (TPSA) is 150 Å². The van der Waals surface area contributed by atoms with Gasteiger partial charge in [-0.3, -0.25) is 10.7 Å². The fraction of sp³-hybridized carbons (Fsp3) is 0.625. The number of aliphatic hydroxyl groups is 3. The number of hydrogen-bond donors (Lipinski definition) is 5. The van der Waals surface area contributed by atoms with Gasteiger partial charge in [0.1, 0.15) is 18.3 Å². The fourth-order valence-electron chi connectivity index (χ4n) is 1.66. The van der Waals surface area contributed by atoms with Crippen LogP contribution in [-0.2, 0) is 4.74 Å². The van der Waals surface area contributed by atoms with Crippen LogP contribution in [0.15, 0.2) is 11.0 Å². The van der Waals surface area contributed by atoms with Crippen LogP contribution < -0.4 is 11.2 Å². The Bertz CT molecular complexity index is 479. The second-order valence-electron chi connectivity index (χ2n) is 3.71. The summed E-state index contributed by atoms with van der Waals surface area (Å²) in [7, 11) is 0. The second-order valence-corrected chi connectivity index (χ2v) is 3.71. The molecule has 2 rings (SSSR count). The molecule has 1 saturated heterocycles. The number of rotatable bonds is 3. The smallest absolute Gasteiger partial charge is 0.368 e. The van der Waals surface area contributed by atoms with Crippen molar-refractivity contribution in [3.8, 4) is 0 Å². The first-order valence-electron chi connectivity index (χ1n) is 5.07. The first-order chi connectivity index (χ1) is 8.58. The van der Waals surface area contributed by atoms with Crippen molar-refractivity contribution in [1.29, 1.82) is 0 Å². The minimum atomic E-state index is -1.41. The van der Waals surface area contributed by atoms with Crippen molar-refractivity contribution in [2.75, 3.05) is 12.1 Å². The molecular formula is C8H12N4O6. The zero-order chi connectivity index (χ0) is 13.3. The Morgan fingerprint density at radius 2 is 2.17 bits per heavy atom. The van der Waals surface area contributed by atoms with Crippen LogP contribution >= 0.6 is 0 Å². The molecule has 100 valence electrons. The molecule has 0 saturated carbocycles. The summed E-state index contributed by atoms with van der Waals surface area (Å²) in [5.41, 5.74) is 0.761. The van der Waals surface area contributed by atoms with Crippen molar-refractivity contribution in [3.05, 3.63) is 16.7 Å². The number of anilines is 1.